The molecule has 0 bridgehead atoms. The van der Waals surface area contributed by atoms with Gasteiger partial charge in [0.25, 0.3) is 0 Å². The molecule has 21 heavy (non-hydrogen) atoms. The van der Waals surface area contributed by atoms with E-state index in [0.717, 1.165) is 36.5 Å². The van der Waals surface area contributed by atoms with Crippen molar-refractivity contribution < 1.29 is 0 Å². The summed E-state index contributed by atoms with van der Waals surface area (Å²) in [4.78, 5) is 5.92. The van der Waals surface area contributed by atoms with Gasteiger partial charge in [-0.05, 0) is 49.9 Å². The van der Waals surface area contributed by atoms with Gasteiger partial charge in [0.1, 0.15) is 0 Å². The molecule has 0 amide bonds. The van der Waals surface area contributed by atoms with E-state index < -0.39 is 0 Å². The van der Waals surface area contributed by atoms with Crippen molar-refractivity contribution in [2.45, 2.75) is 51.2 Å². The second-order valence-corrected chi connectivity index (χ2v) is 6.57. The van der Waals surface area contributed by atoms with E-state index in [-0.39, 0.29) is 0 Å². The first-order valence-electron chi connectivity index (χ1n) is 7.92. The molecule has 1 aromatic heterocycles. The lowest BCUT2D eigenvalue weighted by atomic mass is 9.90. The Balaban J connectivity index is 1.76. The molecule has 2 aromatic rings. The third-order valence-electron chi connectivity index (χ3n) is 4.77. The average Bonchev–Trinajstić information content (AvgIpc) is 2.88. The van der Waals surface area contributed by atoms with Crippen molar-refractivity contribution in [3.05, 3.63) is 35.0 Å². The minimum Gasteiger partial charge on any atom is -0.361 e. The maximum atomic E-state index is 6.05. The average molecular weight is 306 g/mol. The van der Waals surface area contributed by atoms with Gasteiger partial charge in [0.2, 0.25) is 0 Å². The number of hydrogen-bond acceptors (Lipinski definition) is 2. The molecule has 1 fully saturated rings. The van der Waals surface area contributed by atoms with Crippen LogP contribution in [0, 0.1) is 0 Å². The summed E-state index contributed by atoms with van der Waals surface area (Å²) in [5.41, 5.74) is 8.51. The van der Waals surface area contributed by atoms with E-state index in [1.54, 1.807) is 0 Å². The van der Waals surface area contributed by atoms with Gasteiger partial charge in [-0.25, -0.2) is 0 Å². The summed E-state index contributed by atoms with van der Waals surface area (Å²) in [6, 6.07) is 7.17. The molecule has 3 rings (SSSR count). The number of fused-ring (bicyclic) bond motifs is 1. The zero-order valence-corrected chi connectivity index (χ0v) is 13.4. The number of hydrogen-bond donors (Lipinski definition) is 2. The molecule has 1 saturated carbocycles. The molecular formula is C17H24ClN3. The molecule has 1 aliphatic rings. The summed E-state index contributed by atoms with van der Waals surface area (Å²) < 4.78 is 0. The van der Waals surface area contributed by atoms with Gasteiger partial charge < -0.3 is 10.7 Å². The third-order valence-corrected chi connectivity index (χ3v) is 5.00. The van der Waals surface area contributed by atoms with Gasteiger partial charge in [-0.2, -0.15) is 0 Å². The van der Waals surface area contributed by atoms with Crippen LogP contribution in [-0.2, 0) is 6.54 Å². The number of nitrogens with zero attached hydrogens (tertiary/aromatic N) is 1. The van der Waals surface area contributed by atoms with Crippen LogP contribution in [0.2, 0.25) is 5.02 Å². The smallest absolute Gasteiger partial charge is 0.0472 e. The van der Waals surface area contributed by atoms with Crippen molar-refractivity contribution in [2.24, 2.45) is 5.73 Å². The highest BCUT2D eigenvalue weighted by atomic mass is 35.5. The molecule has 0 aliphatic heterocycles. The predicted molar refractivity (Wildman–Crippen MR) is 89.6 cm³/mol. The van der Waals surface area contributed by atoms with E-state index >= 15 is 0 Å². The van der Waals surface area contributed by atoms with Gasteiger partial charge in [0.05, 0.1) is 0 Å². The summed E-state index contributed by atoms with van der Waals surface area (Å²) in [5, 5.41) is 2.06. The molecule has 4 heteroatoms. The van der Waals surface area contributed by atoms with Gasteiger partial charge in [-0.1, -0.05) is 24.6 Å². The highest BCUT2D eigenvalue weighted by Crippen LogP contribution is 2.27. The molecule has 1 aromatic carbocycles. The number of nitrogens with one attached hydrogen (secondary N) is 1. The lowest BCUT2D eigenvalue weighted by Crippen LogP contribution is -2.40. The number of aromatic amines is 1. The fraction of sp³-hybridized carbons (Fsp3) is 0.529. The molecule has 0 spiro atoms. The lowest BCUT2D eigenvalue weighted by molar-refractivity contribution is 0.150. The normalized spacial score (nSPS) is 23.0. The van der Waals surface area contributed by atoms with Gasteiger partial charge in [0, 0.05) is 40.8 Å². The van der Waals surface area contributed by atoms with Crippen LogP contribution in [0.25, 0.3) is 10.9 Å². The van der Waals surface area contributed by atoms with Crippen LogP contribution in [-0.4, -0.2) is 28.5 Å². The maximum Gasteiger partial charge on any atom is 0.0472 e. The van der Waals surface area contributed by atoms with E-state index in [1.807, 2.05) is 12.1 Å². The van der Waals surface area contributed by atoms with Crippen LogP contribution in [0.4, 0.5) is 0 Å². The quantitative estimate of drug-likeness (QED) is 0.899. The fourth-order valence-electron chi connectivity index (χ4n) is 3.47. The highest BCUT2D eigenvalue weighted by Gasteiger charge is 2.23. The van der Waals surface area contributed by atoms with E-state index in [0.29, 0.717) is 12.1 Å². The first-order chi connectivity index (χ1) is 10.2. The van der Waals surface area contributed by atoms with Crippen molar-refractivity contribution >= 4 is 22.5 Å². The molecule has 1 aliphatic carbocycles. The molecule has 0 radical (unpaired) electrons. The van der Waals surface area contributed by atoms with E-state index in [4.69, 9.17) is 17.3 Å². The number of H-pyrrole nitrogens is 1. The number of rotatable bonds is 4. The van der Waals surface area contributed by atoms with Crippen molar-refractivity contribution in [1.82, 2.24) is 9.88 Å². The number of benzene rings is 1. The Kier molecular flexibility index (Phi) is 4.53. The summed E-state index contributed by atoms with van der Waals surface area (Å²) in [6.07, 6.45) is 6.89. The Labute approximate surface area is 131 Å². The van der Waals surface area contributed by atoms with Gasteiger partial charge >= 0.3 is 0 Å². The fourth-order valence-corrected chi connectivity index (χ4v) is 3.65. The summed E-state index contributed by atoms with van der Waals surface area (Å²) in [6.45, 7) is 4.33. The Bertz CT molecular complexity index is 599. The van der Waals surface area contributed by atoms with Gasteiger partial charge in [0.15, 0.2) is 0 Å². The molecular weight excluding hydrogens is 282 g/mol. The summed E-state index contributed by atoms with van der Waals surface area (Å²) in [7, 11) is 0. The van der Waals surface area contributed by atoms with Crippen LogP contribution < -0.4 is 5.73 Å². The number of aromatic nitrogens is 1. The zero-order chi connectivity index (χ0) is 14.8. The molecule has 3 nitrogen and oxygen atoms in total. The minimum atomic E-state index is 0.412. The van der Waals surface area contributed by atoms with Crippen LogP contribution in [0.1, 0.15) is 38.2 Å². The number of nitrogens with two attached hydrogens (primary N) is 1. The van der Waals surface area contributed by atoms with Crippen molar-refractivity contribution in [3.63, 3.8) is 0 Å². The maximum absolute atomic E-state index is 6.05. The molecule has 114 valence electrons. The monoisotopic (exact) mass is 305 g/mol. The second kappa shape index (κ2) is 6.39. The van der Waals surface area contributed by atoms with Crippen molar-refractivity contribution in [2.75, 3.05) is 6.54 Å². The second-order valence-electron chi connectivity index (χ2n) is 6.14. The molecule has 1 heterocycles. The van der Waals surface area contributed by atoms with E-state index in [9.17, 15) is 0 Å². The SMILES string of the molecule is CCN(Cc1c[nH]c2cc(Cl)ccc12)C1CCC(N)CC1. The topological polar surface area (TPSA) is 45.0 Å². The first kappa shape index (κ1) is 14.9. The largest absolute Gasteiger partial charge is 0.361 e. The van der Waals surface area contributed by atoms with E-state index in [1.165, 1.54) is 23.8 Å². The van der Waals surface area contributed by atoms with Crippen LogP contribution in [0.3, 0.4) is 0 Å². The lowest BCUT2D eigenvalue weighted by Gasteiger charge is -2.35. The molecule has 0 unspecified atom stereocenters. The van der Waals surface area contributed by atoms with E-state index in [2.05, 4.69) is 29.1 Å². The summed E-state index contributed by atoms with van der Waals surface area (Å²) in [5.74, 6) is 0. The first-order valence-corrected chi connectivity index (χ1v) is 8.30. The Morgan fingerprint density at radius 3 is 2.76 bits per heavy atom. The molecule has 0 saturated heterocycles. The predicted octanol–water partition coefficient (Wildman–Crippen LogP) is 3.91. The Morgan fingerprint density at radius 2 is 2.05 bits per heavy atom. The zero-order valence-electron chi connectivity index (χ0n) is 12.6. The number of halogens is 1. The van der Waals surface area contributed by atoms with Crippen LogP contribution in [0.5, 0.6) is 0 Å². The standard InChI is InChI=1S/C17H24ClN3/c1-2-21(15-6-4-14(19)5-7-15)11-12-10-20-17-9-13(18)3-8-16(12)17/h3,8-10,14-15,20H,2,4-7,11,19H2,1H3. The van der Waals surface area contributed by atoms with Crippen molar-refractivity contribution in [1.29, 1.82) is 0 Å². The minimum absolute atomic E-state index is 0.412. The molecule has 3 N–H and O–H groups in total. The van der Waals surface area contributed by atoms with Crippen LogP contribution >= 0.6 is 11.6 Å². The van der Waals surface area contributed by atoms with Gasteiger partial charge in [-0.15, -0.1) is 0 Å². The highest BCUT2D eigenvalue weighted by molar-refractivity contribution is 6.31. The van der Waals surface area contributed by atoms with Gasteiger partial charge in [-0.3, -0.25) is 4.90 Å². The Hall–Kier alpha value is -1.03. The third kappa shape index (κ3) is 3.25. The summed E-state index contributed by atoms with van der Waals surface area (Å²) >= 11 is 6.05. The van der Waals surface area contributed by atoms with Crippen LogP contribution in [0.15, 0.2) is 24.4 Å². The van der Waals surface area contributed by atoms with Crippen molar-refractivity contribution in [3.8, 4) is 0 Å². The molecule has 0 atom stereocenters. The Morgan fingerprint density at radius 1 is 1.29 bits per heavy atom.